The molecule has 0 spiro atoms. The van der Waals surface area contributed by atoms with E-state index in [1.54, 1.807) is 39.0 Å². The van der Waals surface area contributed by atoms with Crippen LogP contribution in [0.1, 0.15) is 26.3 Å². The lowest BCUT2D eigenvalue weighted by Crippen LogP contribution is -2.40. The average Bonchev–Trinajstić information content (AvgIpc) is 2.48. The molecular formula is C17H24N2O4S. The van der Waals surface area contributed by atoms with Crippen LogP contribution in [0.4, 0.5) is 0 Å². The second kappa shape index (κ2) is 8.12. The Hall–Kier alpha value is -2.12. The Morgan fingerprint density at radius 1 is 1.33 bits per heavy atom. The van der Waals surface area contributed by atoms with Crippen molar-refractivity contribution in [1.82, 2.24) is 10.0 Å². The smallest absolute Gasteiger partial charge is 0.244 e. The van der Waals surface area contributed by atoms with E-state index in [1.807, 2.05) is 0 Å². The third kappa shape index (κ3) is 6.17. The third-order valence-electron chi connectivity index (χ3n) is 2.77. The number of ether oxygens (including phenoxy) is 1. The Kier molecular flexibility index (Phi) is 6.74. The largest absolute Gasteiger partial charge is 0.495 e. The number of hydrogen-bond donors (Lipinski definition) is 2. The monoisotopic (exact) mass is 352 g/mol. The maximum absolute atomic E-state index is 12.6. The van der Waals surface area contributed by atoms with Gasteiger partial charge in [0.2, 0.25) is 15.9 Å². The van der Waals surface area contributed by atoms with Crippen molar-refractivity contribution in [2.75, 3.05) is 13.7 Å². The minimum absolute atomic E-state index is 0.0218. The molecule has 1 aromatic rings. The first-order valence-corrected chi connectivity index (χ1v) is 8.86. The maximum Gasteiger partial charge on any atom is 0.244 e. The van der Waals surface area contributed by atoms with Crippen LogP contribution in [-0.2, 0) is 14.8 Å². The zero-order valence-electron chi connectivity index (χ0n) is 14.4. The summed E-state index contributed by atoms with van der Waals surface area (Å²) < 4.78 is 32.8. The van der Waals surface area contributed by atoms with Crippen LogP contribution in [0.3, 0.4) is 0 Å². The summed E-state index contributed by atoms with van der Waals surface area (Å²) >= 11 is 0. The lowest BCUT2D eigenvalue weighted by Gasteiger charge is -2.21. The van der Waals surface area contributed by atoms with Gasteiger partial charge in [-0.05, 0) is 44.5 Å². The van der Waals surface area contributed by atoms with E-state index in [4.69, 9.17) is 4.74 Å². The van der Waals surface area contributed by atoms with Crippen molar-refractivity contribution in [3.63, 3.8) is 0 Å². The molecule has 0 saturated carbocycles. The zero-order chi connectivity index (χ0) is 18.4. The Balaban J connectivity index is 3.15. The molecule has 1 rings (SSSR count). The molecule has 0 aliphatic carbocycles. The molecule has 1 amide bonds. The number of amides is 1. The van der Waals surface area contributed by atoms with E-state index in [1.165, 1.54) is 25.3 Å². The standard InChI is InChI=1S/C17H24N2O4S/c1-6-11-18-16(20)10-8-13-7-9-14(23-5)15(12-13)24(21,22)19-17(2,3)4/h6-10,12,19H,1,11H2,2-5H3,(H,18,20)/b10-8+. The minimum Gasteiger partial charge on any atom is -0.495 e. The van der Waals surface area contributed by atoms with Gasteiger partial charge in [0, 0.05) is 18.2 Å². The van der Waals surface area contributed by atoms with Crippen LogP contribution in [-0.4, -0.2) is 33.5 Å². The number of sulfonamides is 1. The van der Waals surface area contributed by atoms with Gasteiger partial charge in [0.05, 0.1) is 7.11 Å². The molecule has 0 saturated heterocycles. The highest BCUT2D eigenvalue weighted by atomic mass is 32.2. The molecule has 0 heterocycles. The molecular weight excluding hydrogens is 328 g/mol. The van der Waals surface area contributed by atoms with Crippen molar-refractivity contribution >= 4 is 22.0 Å². The van der Waals surface area contributed by atoms with Crippen LogP contribution in [0.5, 0.6) is 5.75 Å². The number of benzene rings is 1. The summed E-state index contributed by atoms with van der Waals surface area (Å²) in [6.45, 7) is 9.14. The predicted molar refractivity (Wildman–Crippen MR) is 95.3 cm³/mol. The first-order chi connectivity index (χ1) is 11.1. The van der Waals surface area contributed by atoms with Gasteiger partial charge in [0.25, 0.3) is 0 Å². The zero-order valence-corrected chi connectivity index (χ0v) is 15.2. The number of rotatable bonds is 7. The molecule has 2 N–H and O–H groups in total. The van der Waals surface area contributed by atoms with E-state index in [0.717, 1.165) is 0 Å². The van der Waals surface area contributed by atoms with Crippen molar-refractivity contribution in [2.24, 2.45) is 0 Å². The lowest BCUT2D eigenvalue weighted by molar-refractivity contribution is -0.116. The number of hydrogen-bond acceptors (Lipinski definition) is 4. The fraction of sp³-hybridized carbons (Fsp3) is 0.353. The molecule has 0 aliphatic rings. The summed E-state index contributed by atoms with van der Waals surface area (Å²) in [5, 5.41) is 2.60. The first-order valence-electron chi connectivity index (χ1n) is 7.38. The Labute approximate surface area is 143 Å². The molecule has 0 radical (unpaired) electrons. The predicted octanol–water partition coefficient (Wildman–Crippen LogP) is 2.09. The molecule has 0 unspecified atom stereocenters. The van der Waals surface area contributed by atoms with E-state index in [-0.39, 0.29) is 16.6 Å². The summed E-state index contributed by atoms with van der Waals surface area (Å²) in [6, 6.07) is 4.69. The van der Waals surface area contributed by atoms with E-state index >= 15 is 0 Å². The second-order valence-electron chi connectivity index (χ2n) is 6.13. The number of carbonyl (C=O) groups excluding carboxylic acids is 1. The van der Waals surface area contributed by atoms with Crippen molar-refractivity contribution < 1.29 is 17.9 Å². The first kappa shape index (κ1) is 19.9. The van der Waals surface area contributed by atoms with Crippen LogP contribution in [0, 0.1) is 0 Å². The lowest BCUT2D eigenvalue weighted by atomic mass is 10.1. The SMILES string of the molecule is C=CCNC(=O)/C=C/c1ccc(OC)c(S(=O)(=O)NC(C)(C)C)c1. The highest BCUT2D eigenvalue weighted by molar-refractivity contribution is 7.89. The fourth-order valence-electron chi connectivity index (χ4n) is 1.87. The summed E-state index contributed by atoms with van der Waals surface area (Å²) in [7, 11) is -2.35. The van der Waals surface area contributed by atoms with Crippen LogP contribution < -0.4 is 14.8 Å². The minimum atomic E-state index is -3.76. The molecule has 1 aromatic carbocycles. The van der Waals surface area contributed by atoms with Gasteiger partial charge in [0.15, 0.2) is 0 Å². The fourth-order valence-corrected chi connectivity index (χ4v) is 3.49. The molecule has 0 atom stereocenters. The number of methoxy groups -OCH3 is 1. The van der Waals surface area contributed by atoms with Gasteiger partial charge in [-0.15, -0.1) is 6.58 Å². The molecule has 0 fully saturated rings. The molecule has 0 aliphatic heterocycles. The molecule has 6 nitrogen and oxygen atoms in total. The highest BCUT2D eigenvalue weighted by Crippen LogP contribution is 2.26. The molecule has 132 valence electrons. The summed E-state index contributed by atoms with van der Waals surface area (Å²) in [6.07, 6.45) is 4.44. The molecule has 0 bridgehead atoms. The number of nitrogens with one attached hydrogen (secondary N) is 2. The third-order valence-corrected chi connectivity index (χ3v) is 4.54. The summed E-state index contributed by atoms with van der Waals surface area (Å²) in [5.74, 6) is -0.0528. The van der Waals surface area contributed by atoms with Gasteiger partial charge < -0.3 is 10.1 Å². The Bertz CT molecular complexity index is 731. The van der Waals surface area contributed by atoms with Crippen molar-refractivity contribution in [3.8, 4) is 5.75 Å². The summed E-state index contributed by atoms with van der Waals surface area (Å²) in [5.41, 5.74) is -0.0564. The van der Waals surface area contributed by atoms with Crippen LogP contribution in [0.15, 0.2) is 41.8 Å². The Morgan fingerprint density at radius 2 is 2.00 bits per heavy atom. The van der Waals surface area contributed by atoms with E-state index in [9.17, 15) is 13.2 Å². The van der Waals surface area contributed by atoms with Gasteiger partial charge in [-0.1, -0.05) is 12.1 Å². The number of carbonyl (C=O) groups is 1. The molecule has 0 aromatic heterocycles. The van der Waals surface area contributed by atoms with Gasteiger partial charge >= 0.3 is 0 Å². The van der Waals surface area contributed by atoms with Crippen LogP contribution in [0.2, 0.25) is 0 Å². The van der Waals surface area contributed by atoms with E-state index in [0.29, 0.717) is 12.1 Å². The van der Waals surface area contributed by atoms with Crippen molar-refractivity contribution in [2.45, 2.75) is 31.2 Å². The maximum atomic E-state index is 12.6. The van der Waals surface area contributed by atoms with Gasteiger partial charge in [0.1, 0.15) is 10.6 Å². The second-order valence-corrected chi connectivity index (χ2v) is 7.78. The molecule has 7 heteroatoms. The highest BCUT2D eigenvalue weighted by Gasteiger charge is 2.25. The van der Waals surface area contributed by atoms with Gasteiger partial charge in [-0.25, -0.2) is 13.1 Å². The van der Waals surface area contributed by atoms with E-state index < -0.39 is 15.6 Å². The van der Waals surface area contributed by atoms with Crippen LogP contribution >= 0.6 is 0 Å². The average molecular weight is 352 g/mol. The molecule has 24 heavy (non-hydrogen) atoms. The summed E-state index contributed by atoms with van der Waals surface area (Å²) in [4.78, 5) is 11.6. The normalized spacial score (nSPS) is 12.2. The van der Waals surface area contributed by atoms with Crippen molar-refractivity contribution in [3.05, 3.63) is 42.5 Å². The van der Waals surface area contributed by atoms with E-state index in [2.05, 4.69) is 16.6 Å². The van der Waals surface area contributed by atoms with Gasteiger partial charge in [-0.2, -0.15) is 0 Å². The van der Waals surface area contributed by atoms with Crippen molar-refractivity contribution in [1.29, 1.82) is 0 Å². The quantitative estimate of drug-likeness (QED) is 0.581. The topological polar surface area (TPSA) is 84.5 Å². The van der Waals surface area contributed by atoms with Crippen LogP contribution in [0.25, 0.3) is 6.08 Å². The van der Waals surface area contributed by atoms with Gasteiger partial charge in [-0.3, -0.25) is 4.79 Å². The Morgan fingerprint density at radius 3 is 2.54 bits per heavy atom.